The van der Waals surface area contributed by atoms with Gasteiger partial charge in [-0.05, 0) is 27.2 Å². The van der Waals surface area contributed by atoms with Crippen LogP contribution in [-0.4, -0.2) is 40.4 Å². The van der Waals surface area contributed by atoms with Gasteiger partial charge in [-0.1, -0.05) is 13.3 Å². The van der Waals surface area contributed by atoms with Crippen molar-refractivity contribution in [1.29, 1.82) is 0 Å². The first kappa shape index (κ1) is 12.3. The van der Waals surface area contributed by atoms with Crippen molar-refractivity contribution < 1.29 is 14.6 Å². The van der Waals surface area contributed by atoms with Gasteiger partial charge in [0.15, 0.2) is 0 Å². The molecule has 1 fully saturated rings. The summed E-state index contributed by atoms with van der Waals surface area (Å²) < 4.78 is 5.25. The van der Waals surface area contributed by atoms with E-state index < -0.39 is 5.60 Å². The van der Waals surface area contributed by atoms with Crippen LogP contribution in [0.25, 0.3) is 0 Å². The fourth-order valence-corrected chi connectivity index (χ4v) is 1.76. The van der Waals surface area contributed by atoms with Crippen LogP contribution in [0.4, 0.5) is 4.79 Å². The molecule has 0 aromatic heterocycles. The summed E-state index contributed by atoms with van der Waals surface area (Å²) in [5.74, 6) is 0. The smallest absolute Gasteiger partial charge is 0.411 e. The number of carbonyl (C=O) groups is 1. The van der Waals surface area contributed by atoms with Crippen LogP contribution in [0.2, 0.25) is 0 Å². The lowest BCUT2D eigenvalue weighted by atomic mass is 10.2. The number of carbonyl (C=O) groups excluding carboxylic acids is 1. The van der Waals surface area contributed by atoms with Crippen molar-refractivity contribution in [3.05, 3.63) is 0 Å². The Morgan fingerprint density at radius 1 is 1.40 bits per heavy atom. The van der Waals surface area contributed by atoms with Gasteiger partial charge in [0.25, 0.3) is 0 Å². The first-order chi connectivity index (χ1) is 6.90. The first-order valence-corrected chi connectivity index (χ1v) is 5.53. The molecule has 0 aromatic carbocycles. The van der Waals surface area contributed by atoms with Crippen molar-refractivity contribution in [3.8, 4) is 0 Å². The monoisotopic (exact) mass is 215 g/mol. The van der Waals surface area contributed by atoms with Crippen molar-refractivity contribution in [2.24, 2.45) is 0 Å². The van der Waals surface area contributed by atoms with Crippen LogP contribution in [0, 0.1) is 0 Å². The lowest BCUT2D eigenvalue weighted by molar-refractivity contribution is 0.0381. The molecule has 1 heterocycles. The molecule has 0 unspecified atom stereocenters. The van der Waals surface area contributed by atoms with Crippen LogP contribution in [0.15, 0.2) is 0 Å². The Morgan fingerprint density at radius 3 is 2.40 bits per heavy atom. The quantitative estimate of drug-likeness (QED) is 0.730. The average molecular weight is 215 g/mol. The van der Waals surface area contributed by atoms with Gasteiger partial charge in [0.2, 0.25) is 0 Å². The van der Waals surface area contributed by atoms with Gasteiger partial charge in [-0.25, -0.2) is 4.79 Å². The second-order valence-corrected chi connectivity index (χ2v) is 4.99. The molecule has 2 atom stereocenters. The van der Waals surface area contributed by atoms with Crippen LogP contribution < -0.4 is 0 Å². The van der Waals surface area contributed by atoms with E-state index in [-0.39, 0.29) is 24.8 Å². The number of hydrogen-bond donors (Lipinski definition) is 1. The second kappa shape index (κ2) is 4.39. The predicted octanol–water partition coefficient (Wildman–Crippen LogP) is 1.77. The summed E-state index contributed by atoms with van der Waals surface area (Å²) in [7, 11) is 0. The molecule has 1 rings (SSSR count). The summed E-state index contributed by atoms with van der Waals surface area (Å²) in [6.45, 7) is 7.63. The van der Waals surface area contributed by atoms with Gasteiger partial charge in [-0.15, -0.1) is 0 Å². The number of hydrogen-bond acceptors (Lipinski definition) is 3. The number of ether oxygens (including phenoxy) is 1. The summed E-state index contributed by atoms with van der Waals surface area (Å²) in [6, 6.07) is 0.148. The Morgan fingerprint density at radius 2 is 2.00 bits per heavy atom. The van der Waals surface area contributed by atoms with Crippen LogP contribution >= 0.6 is 0 Å². The Kier molecular flexibility index (Phi) is 3.60. The Labute approximate surface area is 91.2 Å². The van der Waals surface area contributed by atoms with Crippen LogP contribution in [0.5, 0.6) is 0 Å². The SMILES string of the molecule is CCC[C@@H]1[C@@H](CO)N1C(=O)OC(C)(C)C. The minimum absolute atomic E-state index is 0.0280. The highest BCUT2D eigenvalue weighted by atomic mass is 16.6. The van der Waals surface area contributed by atoms with Crippen LogP contribution in [-0.2, 0) is 4.74 Å². The average Bonchev–Trinajstić information content (AvgIpc) is 2.75. The molecule has 1 amide bonds. The van der Waals surface area contributed by atoms with Crippen molar-refractivity contribution >= 4 is 6.09 Å². The molecule has 0 aromatic rings. The number of amides is 1. The van der Waals surface area contributed by atoms with Crippen molar-refractivity contribution in [2.45, 2.75) is 58.2 Å². The Bertz CT molecular complexity index is 234. The predicted molar refractivity (Wildman–Crippen MR) is 57.6 cm³/mol. The minimum atomic E-state index is -0.462. The summed E-state index contributed by atoms with van der Waals surface area (Å²) >= 11 is 0. The molecule has 1 aliphatic heterocycles. The highest BCUT2D eigenvalue weighted by Crippen LogP contribution is 2.33. The largest absolute Gasteiger partial charge is 0.444 e. The number of nitrogens with zero attached hydrogens (tertiary/aromatic N) is 1. The Hall–Kier alpha value is -0.770. The fourth-order valence-electron chi connectivity index (χ4n) is 1.76. The molecule has 15 heavy (non-hydrogen) atoms. The summed E-state index contributed by atoms with van der Waals surface area (Å²) in [5, 5.41) is 9.07. The molecular formula is C11H21NO3. The summed E-state index contributed by atoms with van der Waals surface area (Å²) in [4.78, 5) is 13.3. The van der Waals surface area contributed by atoms with E-state index in [1.54, 1.807) is 4.90 Å². The normalized spacial score (nSPS) is 25.3. The number of aliphatic hydroxyl groups is 1. The van der Waals surface area contributed by atoms with Gasteiger partial charge in [-0.2, -0.15) is 0 Å². The molecular weight excluding hydrogens is 194 g/mol. The number of rotatable bonds is 3. The molecule has 0 bridgehead atoms. The van der Waals surface area contributed by atoms with Crippen molar-refractivity contribution in [2.75, 3.05) is 6.61 Å². The third-order valence-corrected chi connectivity index (χ3v) is 2.44. The second-order valence-electron chi connectivity index (χ2n) is 4.99. The topological polar surface area (TPSA) is 49.5 Å². The van der Waals surface area contributed by atoms with Crippen LogP contribution in [0.1, 0.15) is 40.5 Å². The van der Waals surface area contributed by atoms with Crippen molar-refractivity contribution in [3.63, 3.8) is 0 Å². The fraction of sp³-hybridized carbons (Fsp3) is 0.909. The summed E-state index contributed by atoms with van der Waals surface area (Å²) in [6.07, 6.45) is 1.64. The first-order valence-electron chi connectivity index (χ1n) is 5.53. The van der Waals surface area contributed by atoms with E-state index in [9.17, 15) is 4.79 Å². The van der Waals surface area contributed by atoms with Crippen LogP contribution in [0.3, 0.4) is 0 Å². The molecule has 0 saturated carbocycles. The van der Waals surface area contributed by atoms with Crippen molar-refractivity contribution in [1.82, 2.24) is 4.90 Å². The molecule has 4 nitrogen and oxygen atoms in total. The highest BCUT2D eigenvalue weighted by molar-refractivity contribution is 5.72. The van der Waals surface area contributed by atoms with Gasteiger partial charge in [0.1, 0.15) is 5.60 Å². The zero-order valence-corrected chi connectivity index (χ0v) is 9.99. The molecule has 1 aliphatic rings. The molecule has 4 heteroatoms. The minimum Gasteiger partial charge on any atom is -0.444 e. The lowest BCUT2D eigenvalue weighted by Gasteiger charge is -2.20. The van der Waals surface area contributed by atoms with E-state index in [2.05, 4.69) is 6.92 Å². The molecule has 88 valence electrons. The maximum absolute atomic E-state index is 11.7. The third-order valence-electron chi connectivity index (χ3n) is 2.44. The molecule has 0 radical (unpaired) electrons. The molecule has 0 spiro atoms. The molecule has 1 N–H and O–H groups in total. The van der Waals surface area contributed by atoms with Gasteiger partial charge in [0.05, 0.1) is 18.7 Å². The molecule has 1 saturated heterocycles. The maximum atomic E-state index is 11.7. The van der Waals surface area contributed by atoms with Gasteiger partial charge in [0, 0.05) is 0 Å². The highest BCUT2D eigenvalue weighted by Gasteiger charge is 2.51. The Balaban J connectivity index is 2.47. The number of aliphatic hydroxyl groups excluding tert-OH is 1. The standard InChI is InChI=1S/C11H21NO3/c1-5-6-8-9(7-13)12(8)10(14)15-11(2,3)4/h8-9,13H,5-7H2,1-4H3/t8-,9-,12?/m1/s1. The van der Waals surface area contributed by atoms with E-state index in [4.69, 9.17) is 9.84 Å². The zero-order chi connectivity index (χ0) is 11.6. The van der Waals surface area contributed by atoms with Gasteiger partial charge in [-0.3, -0.25) is 4.90 Å². The van der Waals surface area contributed by atoms with E-state index >= 15 is 0 Å². The van der Waals surface area contributed by atoms with E-state index in [1.807, 2.05) is 20.8 Å². The maximum Gasteiger partial charge on any atom is 0.411 e. The lowest BCUT2D eigenvalue weighted by Crippen LogP contribution is -2.28. The third kappa shape index (κ3) is 3.09. The van der Waals surface area contributed by atoms with E-state index in [0.29, 0.717) is 0 Å². The summed E-state index contributed by atoms with van der Waals surface area (Å²) in [5.41, 5.74) is -0.462. The molecule has 0 aliphatic carbocycles. The van der Waals surface area contributed by atoms with Gasteiger partial charge < -0.3 is 9.84 Å². The zero-order valence-electron chi connectivity index (χ0n) is 9.99. The van der Waals surface area contributed by atoms with E-state index in [1.165, 1.54) is 0 Å². The van der Waals surface area contributed by atoms with Gasteiger partial charge >= 0.3 is 6.09 Å². The van der Waals surface area contributed by atoms with E-state index in [0.717, 1.165) is 12.8 Å².